The summed E-state index contributed by atoms with van der Waals surface area (Å²) in [4.78, 5) is 2.57. The minimum absolute atomic E-state index is 0.652. The first-order chi connectivity index (χ1) is 8.36. The van der Waals surface area contributed by atoms with Gasteiger partial charge < -0.3 is 14.8 Å². The Morgan fingerprint density at radius 3 is 2.88 bits per heavy atom. The normalized spacial score (nSPS) is 31.9. The van der Waals surface area contributed by atoms with Crippen LogP contribution in [0.5, 0.6) is 0 Å². The largest absolute Gasteiger partial charge is 0.317 e. The van der Waals surface area contributed by atoms with Gasteiger partial charge in [0.05, 0.1) is 6.54 Å². The highest BCUT2D eigenvalue weighted by atomic mass is 15.3. The molecule has 1 atom stereocenters. The summed E-state index contributed by atoms with van der Waals surface area (Å²) in [6, 6.07) is 0.652. The standard InChI is InChI=1S/C12H21N5/c1-2-17-9-14-15-12(17)7-13-11-8-16-5-3-10(11)4-6-16/h9-11,13H,2-8H2,1H3. The third kappa shape index (κ3) is 2.21. The predicted molar refractivity (Wildman–Crippen MR) is 65.5 cm³/mol. The molecule has 17 heavy (non-hydrogen) atoms. The molecule has 1 aromatic rings. The van der Waals surface area contributed by atoms with Gasteiger partial charge in [0, 0.05) is 19.1 Å². The summed E-state index contributed by atoms with van der Waals surface area (Å²) < 4.78 is 2.11. The first-order valence-corrected chi connectivity index (χ1v) is 6.69. The summed E-state index contributed by atoms with van der Waals surface area (Å²) in [7, 11) is 0. The van der Waals surface area contributed by atoms with E-state index in [1.54, 1.807) is 0 Å². The van der Waals surface area contributed by atoms with Crippen molar-refractivity contribution in [2.75, 3.05) is 19.6 Å². The molecule has 2 bridgehead atoms. The second-order valence-corrected chi connectivity index (χ2v) is 5.16. The number of hydrogen-bond donors (Lipinski definition) is 1. The summed E-state index contributed by atoms with van der Waals surface area (Å²) in [5.41, 5.74) is 0. The summed E-state index contributed by atoms with van der Waals surface area (Å²) in [6.45, 7) is 7.74. The molecule has 3 fully saturated rings. The Hall–Kier alpha value is -0.940. The van der Waals surface area contributed by atoms with Crippen LogP contribution in [-0.4, -0.2) is 45.3 Å². The van der Waals surface area contributed by atoms with Gasteiger partial charge in [-0.25, -0.2) is 0 Å². The first-order valence-electron chi connectivity index (χ1n) is 6.69. The Bertz CT molecular complexity index is 367. The molecule has 0 aromatic carbocycles. The molecule has 1 aromatic heterocycles. The van der Waals surface area contributed by atoms with E-state index in [0.717, 1.165) is 24.8 Å². The van der Waals surface area contributed by atoms with Gasteiger partial charge >= 0.3 is 0 Å². The van der Waals surface area contributed by atoms with Gasteiger partial charge in [-0.2, -0.15) is 0 Å². The van der Waals surface area contributed by atoms with Crippen LogP contribution in [0.4, 0.5) is 0 Å². The molecule has 3 saturated heterocycles. The number of fused-ring (bicyclic) bond motifs is 3. The highest BCUT2D eigenvalue weighted by Crippen LogP contribution is 2.27. The Balaban J connectivity index is 1.57. The van der Waals surface area contributed by atoms with Crippen molar-refractivity contribution in [1.29, 1.82) is 0 Å². The molecule has 0 saturated carbocycles. The molecule has 5 nitrogen and oxygen atoms in total. The van der Waals surface area contributed by atoms with Crippen LogP contribution in [0.25, 0.3) is 0 Å². The predicted octanol–water partition coefficient (Wildman–Crippen LogP) is 0.482. The average molecular weight is 235 g/mol. The molecule has 0 spiro atoms. The molecule has 3 aliphatic rings. The van der Waals surface area contributed by atoms with Gasteiger partial charge in [0.1, 0.15) is 12.2 Å². The van der Waals surface area contributed by atoms with Crippen LogP contribution >= 0.6 is 0 Å². The zero-order chi connectivity index (χ0) is 11.7. The van der Waals surface area contributed by atoms with Crippen molar-refractivity contribution in [3.8, 4) is 0 Å². The van der Waals surface area contributed by atoms with Crippen LogP contribution in [0.3, 0.4) is 0 Å². The molecule has 1 unspecified atom stereocenters. The molecular formula is C12H21N5. The van der Waals surface area contributed by atoms with E-state index in [4.69, 9.17) is 0 Å². The highest BCUT2D eigenvalue weighted by Gasteiger charge is 2.33. The van der Waals surface area contributed by atoms with E-state index < -0.39 is 0 Å². The number of aromatic nitrogens is 3. The van der Waals surface area contributed by atoms with Gasteiger partial charge in [-0.15, -0.1) is 10.2 Å². The summed E-state index contributed by atoms with van der Waals surface area (Å²) >= 11 is 0. The molecule has 94 valence electrons. The number of nitrogens with one attached hydrogen (secondary N) is 1. The minimum Gasteiger partial charge on any atom is -0.317 e. The monoisotopic (exact) mass is 235 g/mol. The Labute approximate surface area is 102 Å². The topological polar surface area (TPSA) is 46.0 Å². The van der Waals surface area contributed by atoms with Gasteiger partial charge in [0.25, 0.3) is 0 Å². The third-order valence-corrected chi connectivity index (χ3v) is 4.21. The molecule has 0 amide bonds. The molecule has 0 aliphatic carbocycles. The molecule has 5 heteroatoms. The second kappa shape index (κ2) is 4.74. The van der Waals surface area contributed by atoms with Gasteiger partial charge in [0.15, 0.2) is 0 Å². The third-order valence-electron chi connectivity index (χ3n) is 4.21. The lowest BCUT2D eigenvalue weighted by molar-refractivity contribution is 0.0715. The maximum absolute atomic E-state index is 4.17. The lowest BCUT2D eigenvalue weighted by atomic mass is 9.84. The smallest absolute Gasteiger partial charge is 0.146 e. The van der Waals surface area contributed by atoms with E-state index >= 15 is 0 Å². The van der Waals surface area contributed by atoms with E-state index in [1.807, 2.05) is 6.33 Å². The fraction of sp³-hybridized carbons (Fsp3) is 0.833. The van der Waals surface area contributed by atoms with Crippen LogP contribution in [-0.2, 0) is 13.1 Å². The molecule has 4 heterocycles. The maximum Gasteiger partial charge on any atom is 0.146 e. The number of rotatable bonds is 4. The highest BCUT2D eigenvalue weighted by molar-refractivity contribution is 4.93. The average Bonchev–Trinajstić information content (AvgIpc) is 2.85. The van der Waals surface area contributed by atoms with Gasteiger partial charge in [-0.05, 0) is 38.8 Å². The zero-order valence-electron chi connectivity index (χ0n) is 10.5. The molecule has 0 radical (unpaired) electrons. The van der Waals surface area contributed by atoms with Crippen LogP contribution in [0.2, 0.25) is 0 Å². The lowest BCUT2D eigenvalue weighted by Gasteiger charge is -2.45. The maximum atomic E-state index is 4.17. The van der Waals surface area contributed by atoms with Crippen molar-refractivity contribution in [2.45, 2.75) is 38.9 Å². The molecule has 4 rings (SSSR count). The summed E-state index contributed by atoms with van der Waals surface area (Å²) in [5.74, 6) is 1.93. The van der Waals surface area contributed by atoms with Crippen molar-refractivity contribution in [3.05, 3.63) is 12.2 Å². The van der Waals surface area contributed by atoms with Crippen molar-refractivity contribution >= 4 is 0 Å². The fourth-order valence-corrected chi connectivity index (χ4v) is 3.10. The first kappa shape index (κ1) is 11.2. The van der Waals surface area contributed by atoms with Crippen molar-refractivity contribution < 1.29 is 0 Å². The van der Waals surface area contributed by atoms with Crippen molar-refractivity contribution in [1.82, 2.24) is 25.0 Å². The zero-order valence-corrected chi connectivity index (χ0v) is 10.5. The van der Waals surface area contributed by atoms with E-state index in [9.17, 15) is 0 Å². The second-order valence-electron chi connectivity index (χ2n) is 5.16. The molecule has 3 aliphatic heterocycles. The summed E-state index contributed by atoms with van der Waals surface area (Å²) in [5, 5.41) is 11.8. The van der Waals surface area contributed by atoms with E-state index in [-0.39, 0.29) is 0 Å². The SMILES string of the molecule is CCn1cnnc1CNC1CN2CCC1CC2. The molecule has 1 N–H and O–H groups in total. The van der Waals surface area contributed by atoms with Gasteiger partial charge in [-0.1, -0.05) is 0 Å². The van der Waals surface area contributed by atoms with Gasteiger partial charge in [-0.3, -0.25) is 0 Å². The van der Waals surface area contributed by atoms with E-state index in [1.165, 1.54) is 32.5 Å². The Morgan fingerprint density at radius 1 is 1.41 bits per heavy atom. The van der Waals surface area contributed by atoms with Crippen LogP contribution in [0.1, 0.15) is 25.6 Å². The molecular weight excluding hydrogens is 214 g/mol. The Morgan fingerprint density at radius 2 is 2.24 bits per heavy atom. The van der Waals surface area contributed by atoms with Crippen LogP contribution in [0, 0.1) is 5.92 Å². The Kier molecular flexibility index (Phi) is 3.11. The van der Waals surface area contributed by atoms with E-state index in [2.05, 4.69) is 31.9 Å². The van der Waals surface area contributed by atoms with Gasteiger partial charge in [0.2, 0.25) is 0 Å². The summed E-state index contributed by atoms with van der Waals surface area (Å²) in [6.07, 6.45) is 4.53. The number of aryl methyl sites for hydroxylation is 1. The van der Waals surface area contributed by atoms with E-state index in [0.29, 0.717) is 6.04 Å². The quantitative estimate of drug-likeness (QED) is 0.824. The van der Waals surface area contributed by atoms with Crippen molar-refractivity contribution in [2.24, 2.45) is 5.92 Å². The van der Waals surface area contributed by atoms with Crippen molar-refractivity contribution in [3.63, 3.8) is 0 Å². The fourth-order valence-electron chi connectivity index (χ4n) is 3.10. The lowest BCUT2D eigenvalue weighted by Crippen LogP contribution is -2.55. The number of piperidine rings is 3. The van der Waals surface area contributed by atoms with Crippen LogP contribution < -0.4 is 5.32 Å². The number of nitrogens with zero attached hydrogens (tertiary/aromatic N) is 4. The number of hydrogen-bond acceptors (Lipinski definition) is 4. The van der Waals surface area contributed by atoms with Crippen LogP contribution in [0.15, 0.2) is 6.33 Å². The minimum atomic E-state index is 0.652.